The molecule has 1 atom stereocenters. The Hall–Kier alpha value is -0.650. The molecule has 0 aromatic carbocycles. The lowest BCUT2D eigenvalue weighted by Crippen LogP contribution is -2.33. The molecule has 1 aliphatic rings. The van der Waals surface area contributed by atoms with Crippen LogP contribution in [0.2, 0.25) is 0 Å². The molecule has 0 aliphatic carbocycles. The minimum atomic E-state index is 0.0929. The van der Waals surface area contributed by atoms with Crippen LogP contribution in [0.25, 0.3) is 0 Å². The lowest BCUT2D eigenvalue weighted by molar-refractivity contribution is -0.122. The highest BCUT2D eigenvalue weighted by atomic mass is 16.7. The molecular formula is C9H18N2O3. The summed E-state index contributed by atoms with van der Waals surface area (Å²) >= 11 is 0. The molecule has 1 unspecified atom stereocenters. The molecule has 1 saturated heterocycles. The topological polar surface area (TPSA) is 59.6 Å². The molecule has 82 valence electrons. The smallest absolute Gasteiger partial charge is 0.221 e. The Balaban J connectivity index is 2.12. The minimum absolute atomic E-state index is 0.0929. The number of carbonyl (C=O) groups excluding carboxylic acids is 1. The Morgan fingerprint density at radius 3 is 3.21 bits per heavy atom. The van der Waals surface area contributed by atoms with Crippen LogP contribution in [0.3, 0.4) is 0 Å². The van der Waals surface area contributed by atoms with Gasteiger partial charge in [0.05, 0.1) is 13.2 Å². The molecule has 1 amide bonds. The van der Waals surface area contributed by atoms with Crippen LogP contribution in [0.5, 0.6) is 0 Å². The van der Waals surface area contributed by atoms with Gasteiger partial charge in [-0.25, -0.2) is 0 Å². The second-order valence-corrected chi connectivity index (χ2v) is 3.35. The van der Waals surface area contributed by atoms with Crippen LogP contribution < -0.4 is 10.8 Å². The van der Waals surface area contributed by atoms with Gasteiger partial charge < -0.3 is 10.1 Å². The zero-order valence-electron chi connectivity index (χ0n) is 8.54. The number of methoxy groups -OCH3 is 1. The van der Waals surface area contributed by atoms with Crippen molar-refractivity contribution >= 4 is 5.91 Å². The molecule has 2 N–H and O–H groups in total. The van der Waals surface area contributed by atoms with Crippen LogP contribution in [0, 0.1) is 0 Å². The van der Waals surface area contributed by atoms with Crippen LogP contribution in [-0.2, 0) is 14.4 Å². The van der Waals surface area contributed by atoms with E-state index in [-0.39, 0.29) is 11.9 Å². The van der Waals surface area contributed by atoms with E-state index in [9.17, 15) is 4.79 Å². The van der Waals surface area contributed by atoms with Crippen molar-refractivity contribution in [1.82, 2.24) is 10.8 Å². The van der Waals surface area contributed by atoms with Crippen LogP contribution >= 0.6 is 0 Å². The molecule has 5 nitrogen and oxygen atoms in total. The van der Waals surface area contributed by atoms with E-state index >= 15 is 0 Å². The molecule has 5 heteroatoms. The van der Waals surface area contributed by atoms with Crippen molar-refractivity contribution in [3.63, 3.8) is 0 Å². The average molecular weight is 202 g/mol. The van der Waals surface area contributed by atoms with Gasteiger partial charge in [0.2, 0.25) is 5.91 Å². The highest BCUT2D eigenvalue weighted by Crippen LogP contribution is 2.05. The second-order valence-electron chi connectivity index (χ2n) is 3.35. The van der Waals surface area contributed by atoms with Gasteiger partial charge in [-0.3, -0.25) is 9.63 Å². The molecule has 0 aromatic heterocycles. The van der Waals surface area contributed by atoms with E-state index in [0.717, 1.165) is 19.4 Å². The molecule has 0 aromatic rings. The molecule has 0 radical (unpaired) electrons. The van der Waals surface area contributed by atoms with Crippen molar-refractivity contribution < 1.29 is 14.4 Å². The molecule has 14 heavy (non-hydrogen) atoms. The maximum atomic E-state index is 11.2. The van der Waals surface area contributed by atoms with Crippen LogP contribution in [0.15, 0.2) is 0 Å². The van der Waals surface area contributed by atoms with Gasteiger partial charge in [0.25, 0.3) is 0 Å². The fourth-order valence-electron chi connectivity index (χ4n) is 1.38. The van der Waals surface area contributed by atoms with E-state index in [1.54, 1.807) is 7.11 Å². The lowest BCUT2D eigenvalue weighted by Gasteiger charge is -2.14. The first-order valence-electron chi connectivity index (χ1n) is 4.96. The van der Waals surface area contributed by atoms with E-state index in [0.29, 0.717) is 19.6 Å². The molecule has 1 rings (SSSR count). The van der Waals surface area contributed by atoms with Gasteiger partial charge in [-0.1, -0.05) is 0 Å². The van der Waals surface area contributed by atoms with Crippen molar-refractivity contribution in [3.05, 3.63) is 0 Å². The Morgan fingerprint density at radius 2 is 2.43 bits per heavy atom. The summed E-state index contributed by atoms with van der Waals surface area (Å²) in [7, 11) is 1.63. The Morgan fingerprint density at radius 1 is 1.57 bits per heavy atom. The van der Waals surface area contributed by atoms with Crippen molar-refractivity contribution in [2.45, 2.75) is 25.3 Å². The van der Waals surface area contributed by atoms with Crippen molar-refractivity contribution in [2.75, 3.05) is 26.9 Å². The lowest BCUT2D eigenvalue weighted by atomic mass is 10.1. The summed E-state index contributed by atoms with van der Waals surface area (Å²) in [6.07, 6.45) is 2.45. The zero-order valence-corrected chi connectivity index (χ0v) is 8.54. The van der Waals surface area contributed by atoms with Gasteiger partial charge in [0.1, 0.15) is 0 Å². The Kier molecular flexibility index (Phi) is 5.51. The molecule has 1 fully saturated rings. The fourth-order valence-corrected chi connectivity index (χ4v) is 1.38. The third-order valence-electron chi connectivity index (χ3n) is 2.12. The van der Waals surface area contributed by atoms with Crippen molar-refractivity contribution in [1.29, 1.82) is 0 Å². The van der Waals surface area contributed by atoms with E-state index in [4.69, 9.17) is 9.57 Å². The molecule has 0 spiro atoms. The second kappa shape index (κ2) is 6.75. The third kappa shape index (κ3) is 4.55. The summed E-state index contributed by atoms with van der Waals surface area (Å²) in [5.41, 5.74) is 2.89. The van der Waals surface area contributed by atoms with E-state index in [2.05, 4.69) is 10.8 Å². The van der Waals surface area contributed by atoms with E-state index in [1.165, 1.54) is 0 Å². The molecule has 1 heterocycles. The van der Waals surface area contributed by atoms with Crippen molar-refractivity contribution in [2.24, 2.45) is 0 Å². The highest BCUT2D eigenvalue weighted by molar-refractivity contribution is 5.76. The van der Waals surface area contributed by atoms with Gasteiger partial charge in [-0.05, 0) is 12.8 Å². The number of nitrogens with one attached hydrogen (secondary N) is 2. The number of amides is 1. The fraction of sp³-hybridized carbons (Fsp3) is 0.889. The Labute approximate surface area is 84.1 Å². The molecule has 1 aliphatic heterocycles. The average Bonchev–Trinajstić information content (AvgIpc) is 2.38. The molecular weight excluding hydrogens is 184 g/mol. The first kappa shape index (κ1) is 11.4. The summed E-state index contributed by atoms with van der Waals surface area (Å²) in [5, 5.41) is 2.82. The number of ether oxygens (including phenoxy) is 1. The highest BCUT2D eigenvalue weighted by Gasteiger charge is 2.16. The van der Waals surface area contributed by atoms with Crippen LogP contribution in [0.4, 0.5) is 0 Å². The van der Waals surface area contributed by atoms with Gasteiger partial charge in [0, 0.05) is 26.1 Å². The maximum absolute atomic E-state index is 11.2. The van der Waals surface area contributed by atoms with Crippen molar-refractivity contribution in [3.8, 4) is 0 Å². The monoisotopic (exact) mass is 202 g/mol. The largest absolute Gasteiger partial charge is 0.382 e. The van der Waals surface area contributed by atoms with Gasteiger partial charge in [-0.2, -0.15) is 5.48 Å². The molecule has 0 bridgehead atoms. The number of carbonyl (C=O) groups is 1. The normalized spacial score (nSPS) is 22.9. The third-order valence-corrected chi connectivity index (χ3v) is 2.12. The predicted octanol–water partition coefficient (Wildman–Crippen LogP) is -0.177. The summed E-state index contributed by atoms with van der Waals surface area (Å²) < 4.78 is 4.83. The van der Waals surface area contributed by atoms with Gasteiger partial charge in [-0.15, -0.1) is 0 Å². The summed E-state index contributed by atoms with van der Waals surface area (Å²) in [6, 6.07) is 0.134. The predicted molar refractivity (Wildman–Crippen MR) is 51.6 cm³/mol. The Bertz CT molecular complexity index is 175. The van der Waals surface area contributed by atoms with Crippen LogP contribution in [0.1, 0.15) is 19.3 Å². The summed E-state index contributed by atoms with van der Waals surface area (Å²) in [4.78, 5) is 16.3. The summed E-state index contributed by atoms with van der Waals surface area (Å²) in [5.74, 6) is 0.0929. The van der Waals surface area contributed by atoms with Gasteiger partial charge in [0.15, 0.2) is 0 Å². The van der Waals surface area contributed by atoms with E-state index < -0.39 is 0 Å². The quantitative estimate of drug-likeness (QED) is 0.480. The maximum Gasteiger partial charge on any atom is 0.221 e. The zero-order chi connectivity index (χ0) is 10.2. The number of rotatable bonds is 5. The van der Waals surface area contributed by atoms with Crippen LogP contribution in [-0.4, -0.2) is 38.8 Å². The number of hydrogen-bond acceptors (Lipinski definition) is 4. The molecule has 0 saturated carbocycles. The van der Waals surface area contributed by atoms with Gasteiger partial charge >= 0.3 is 0 Å². The van der Waals surface area contributed by atoms with E-state index in [1.807, 2.05) is 0 Å². The first-order valence-corrected chi connectivity index (χ1v) is 4.96. The standard InChI is InChI=1S/C9H18N2O3/c1-13-5-6-14-11-8-3-2-4-10-9(12)7-8/h8,11H,2-7H2,1H3,(H,10,12). The number of hydroxylamine groups is 1. The number of hydrogen-bond donors (Lipinski definition) is 2. The SMILES string of the molecule is COCCONC1CCCNC(=O)C1. The summed E-state index contributed by atoms with van der Waals surface area (Å²) in [6.45, 7) is 1.84. The minimum Gasteiger partial charge on any atom is -0.382 e. The first-order chi connectivity index (χ1) is 6.83.